The molecule has 3 aliphatic carbocycles. The second-order valence-corrected chi connectivity index (χ2v) is 15.6. The number of rotatable bonds is 8. The van der Waals surface area contributed by atoms with Crippen molar-refractivity contribution in [3.63, 3.8) is 0 Å². The molecule has 2 aromatic rings. The number of carbonyl (C=O) groups is 2. The van der Waals surface area contributed by atoms with Crippen molar-refractivity contribution in [3.8, 4) is 0 Å². The molecule has 1 saturated heterocycles. The van der Waals surface area contributed by atoms with Gasteiger partial charge in [0.25, 0.3) is 5.56 Å². The average Bonchev–Trinajstić information content (AvgIpc) is 3.76. The number of aliphatic hydroxyl groups excluding tert-OH is 3. The van der Waals surface area contributed by atoms with Crippen molar-refractivity contribution in [1.29, 1.82) is 0 Å². The Bertz CT molecular complexity index is 1740. The molecule has 268 valence electrons. The number of aromatic nitrogens is 5. The van der Waals surface area contributed by atoms with Crippen LogP contribution in [0.15, 0.2) is 34.6 Å². The quantitative estimate of drug-likeness (QED) is 0.233. The summed E-state index contributed by atoms with van der Waals surface area (Å²) in [7, 11) is 0. The summed E-state index contributed by atoms with van der Waals surface area (Å²) in [6.07, 6.45) is 2.13. The highest BCUT2D eigenvalue weighted by Gasteiger charge is 2.68. The zero-order valence-electron chi connectivity index (χ0n) is 28.9. The molecule has 1 aliphatic heterocycles. The van der Waals surface area contributed by atoms with Crippen molar-refractivity contribution in [2.45, 2.75) is 123 Å². The molecular formula is C35H49N5O9. The van der Waals surface area contributed by atoms with E-state index < -0.39 is 64.8 Å². The van der Waals surface area contributed by atoms with Crippen LogP contribution in [0.5, 0.6) is 0 Å². The number of nitrogens with zero attached hydrogens (tertiary/aromatic N) is 4. The Morgan fingerprint density at radius 1 is 1.22 bits per heavy atom. The van der Waals surface area contributed by atoms with Gasteiger partial charge in [0.15, 0.2) is 0 Å². The molecular weight excluding hydrogens is 634 g/mol. The van der Waals surface area contributed by atoms with E-state index in [0.29, 0.717) is 30.5 Å². The number of aryl methyl sites for hydroxylation is 1. The molecule has 4 fully saturated rings. The molecule has 3 saturated carbocycles. The van der Waals surface area contributed by atoms with E-state index in [0.717, 1.165) is 12.8 Å². The average molecular weight is 684 g/mol. The van der Waals surface area contributed by atoms with E-state index in [1.165, 1.54) is 21.6 Å². The van der Waals surface area contributed by atoms with Gasteiger partial charge in [-0.05, 0) is 49.9 Å². The Morgan fingerprint density at radius 2 is 1.96 bits per heavy atom. The number of aromatic amines is 1. The Kier molecular flexibility index (Phi) is 9.17. The zero-order chi connectivity index (χ0) is 35.6. The van der Waals surface area contributed by atoms with Crippen LogP contribution >= 0.6 is 0 Å². The van der Waals surface area contributed by atoms with E-state index in [2.05, 4.69) is 42.6 Å². The predicted octanol–water partition coefficient (Wildman–Crippen LogP) is 1.60. The lowest BCUT2D eigenvalue weighted by Gasteiger charge is -2.61. The minimum Gasteiger partial charge on any atom is -0.460 e. The van der Waals surface area contributed by atoms with Gasteiger partial charge in [-0.1, -0.05) is 39.0 Å². The standard InChI is InChI=1S/C35H49N5O9/c1-7-33(5)14-25(34(6)19(3)8-10-35(20(4)30(33)45)11-9-22(41)29(34)35)48-27(44)17-39-16-21(37-38-39)12-23(42)28-24(43)13-26(49-28)40-15-18(2)31(46)36-32(40)47/h7,15-16,19-20,23-26,28-30,42-43,45H,1,8-14,17H2,2-6H3,(H,36,46,47)/t19-,20+,23+,24-,25-,26+,28+,29-,30+,33-,34+,35+/m1/s1. The van der Waals surface area contributed by atoms with Crippen LogP contribution in [0.2, 0.25) is 0 Å². The van der Waals surface area contributed by atoms with E-state index in [1.54, 1.807) is 13.0 Å². The van der Waals surface area contributed by atoms with Crippen LogP contribution < -0.4 is 11.2 Å². The van der Waals surface area contributed by atoms with E-state index in [9.17, 15) is 34.5 Å². The molecule has 12 atom stereocenters. The zero-order valence-corrected chi connectivity index (χ0v) is 28.9. The van der Waals surface area contributed by atoms with Crippen molar-refractivity contribution in [1.82, 2.24) is 24.5 Å². The molecule has 49 heavy (non-hydrogen) atoms. The number of carbonyl (C=O) groups excluding carboxylic acids is 2. The molecule has 6 rings (SSSR count). The first-order valence-electron chi connectivity index (χ1n) is 17.3. The van der Waals surface area contributed by atoms with Crippen molar-refractivity contribution in [2.75, 3.05) is 0 Å². The molecule has 0 radical (unpaired) electrons. The normalized spacial score (nSPS) is 39.6. The summed E-state index contributed by atoms with van der Waals surface area (Å²) in [6, 6.07) is 0. The van der Waals surface area contributed by atoms with E-state index >= 15 is 0 Å². The first-order chi connectivity index (χ1) is 23.0. The number of H-pyrrole nitrogens is 1. The number of hydrogen-bond donors (Lipinski definition) is 4. The number of ketones is 1. The molecule has 0 amide bonds. The van der Waals surface area contributed by atoms with Crippen molar-refractivity contribution in [2.24, 2.45) is 34.0 Å². The minimum atomic E-state index is -1.21. The largest absolute Gasteiger partial charge is 0.460 e. The molecule has 0 spiro atoms. The van der Waals surface area contributed by atoms with Gasteiger partial charge >= 0.3 is 11.7 Å². The minimum absolute atomic E-state index is 0.0266. The molecule has 2 aromatic heterocycles. The Hall–Kier alpha value is -3.46. The summed E-state index contributed by atoms with van der Waals surface area (Å²) in [4.78, 5) is 53.5. The summed E-state index contributed by atoms with van der Waals surface area (Å²) in [5.74, 6) is -0.748. The molecule has 2 bridgehead atoms. The van der Waals surface area contributed by atoms with Crippen molar-refractivity contribution in [3.05, 3.63) is 57.1 Å². The van der Waals surface area contributed by atoms with Crippen LogP contribution in [0, 0.1) is 40.9 Å². The first-order valence-corrected chi connectivity index (χ1v) is 17.3. The predicted molar refractivity (Wildman–Crippen MR) is 175 cm³/mol. The summed E-state index contributed by atoms with van der Waals surface area (Å²) in [5, 5.41) is 41.5. The first kappa shape index (κ1) is 35.4. The number of Topliss-reactive ketones (excluding diaryl/α,β-unsaturated/α-hetero) is 1. The van der Waals surface area contributed by atoms with Crippen molar-refractivity contribution < 1.29 is 34.4 Å². The third-order valence-electron chi connectivity index (χ3n) is 12.8. The molecule has 14 heteroatoms. The topological polar surface area (TPSA) is 199 Å². The SMILES string of the molecule is C=C[C@]1(C)C[C@@H](OC(=O)Cn2cc(C[C@H](O)[C@@H]3O[C@H](n4cc(C)c(=O)[nH]c4=O)C[C@H]3O)nn2)[C@]2(C)[C@H](C)CC[C@]3(CCC(=O)[C@@H]32)[C@@H](C)[C@@H]1O. The third-order valence-corrected chi connectivity index (χ3v) is 12.8. The monoisotopic (exact) mass is 683 g/mol. The fraction of sp³-hybridized carbons (Fsp3) is 0.714. The fourth-order valence-corrected chi connectivity index (χ4v) is 9.66. The third kappa shape index (κ3) is 5.83. The van der Waals surface area contributed by atoms with E-state index in [1.807, 2.05) is 6.92 Å². The number of hydrogen-bond acceptors (Lipinski definition) is 11. The summed E-state index contributed by atoms with van der Waals surface area (Å²) >= 11 is 0. The molecule has 4 N–H and O–H groups in total. The van der Waals surface area contributed by atoms with Gasteiger partial charge < -0.3 is 24.8 Å². The van der Waals surface area contributed by atoms with Gasteiger partial charge in [-0.15, -0.1) is 11.7 Å². The molecule has 4 aliphatic rings. The number of esters is 1. The smallest absolute Gasteiger partial charge is 0.330 e. The van der Waals surface area contributed by atoms with E-state index in [4.69, 9.17) is 9.47 Å². The highest BCUT2D eigenvalue weighted by molar-refractivity contribution is 5.85. The molecule has 0 aromatic carbocycles. The van der Waals surface area contributed by atoms with Gasteiger partial charge in [0.2, 0.25) is 0 Å². The number of ether oxygens (including phenoxy) is 2. The molecule has 14 nitrogen and oxygen atoms in total. The van der Waals surface area contributed by atoms with Crippen molar-refractivity contribution >= 4 is 11.8 Å². The lowest BCUT2D eigenvalue weighted by atomic mass is 9.44. The lowest BCUT2D eigenvalue weighted by Crippen LogP contribution is -2.63. The van der Waals surface area contributed by atoms with Gasteiger partial charge in [-0.3, -0.25) is 23.9 Å². The number of aliphatic hydroxyl groups is 3. The van der Waals surface area contributed by atoms with Gasteiger partial charge in [0.05, 0.1) is 24.0 Å². The fourth-order valence-electron chi connectivity index (χ4n) is 9.66. The Morgan fingerprint density at radius 3 is 2.67 bits per heavy atom. The maximum absolute atomic E-state index is 13.6. The van der Waals surface area contributed by atoms with Crippen LogP contribution in [-0.2, 0) is 32.0 Å². The lowest BCUT2D eigenvalue weighted by molar-refractivity contribution is -0.207. The second-order valence-electron chi connectivity index (χ2n) is 15.6. The maximum Gasteiger partial charge on any atom is 0.330 e. The summed E-state index contributed by atoms with van der Waals surface area (Å²) < 4.78 is 14.6. The van der Waals surface area contributed by atoms with Gasteiger partial charge in [0.1, 0.15) is 30.8 Å². The van der Waals surface area contributed by atoms with Gasteiger partial charge in [-0.2, -0.15) is 0 Å². The highest BCUT2D eigenvalue weighted by Crippen LogP contribution is 2.68. The highest BCUT2D eigenvalue weighted by atomic mass is 16.6. The second kappa shape index (κ2) is 12.7. The van der Waals surface area contributed by atoms with Crippen LogP contribution in [0.1, 0.15) is 83.7 Å². The van der Waals surface area contributed by atoms with Crippen LogP contribution in [-0.4, -0.2) is 82.1 Å². The van der Waals surface area contributed by atoms with Gasteiger partial charge in [-0.25, -0.2) is 9.48 Å². The molecule has 3 heterocycles. The van der Waals surface area contributed by atoms with Crippen LogP contribution in [0.3, 0.4) is 0 Å². The van der Waals surface area contributed by atoms with E-state index in [-0.39, 0.29) is 48.3 Å². The summed E-state index contributed by atoms with van der Waals surface area (Å²) in [6.45, 7) is 13.6. The summed E-state index contributed by atoms with van der Waals surface area (Å²) in [5.41, 5.74) is -2.32. The Balaban J connectivity index is 1.16. The Labute approximate surface area is 284 Å². The maximum atomic E-state index is 13.6. The van der Waals surface area contributed by atoms with Crippen LogP contribution in [0.4, 0.5) is 0 Å². The van der Waals surface area contributed by atoms with Crippen LogP contribution in [0.25, 0.3) is 0 Å². The molecule has 0 unspecified atom stereocenters. The van der Waals surface area contributed by atoms with Gasteiger partial charge in [0, 0.05) is 54.0 Å². The number of nitrogens with one attached hydrogen (secondary N) is 1.